The zero-order valence-electron chi connectivity index (χ0n) is 9.92. The van der Waals surface area contributed by atoms with Gasteiger partial charge < -0.3 is 0 Å². The fraction of sp³-hybridized carbons (Fsp3) is 0.538. The molecule has 1 saturated carbocycles. The van der Waals surface area contributed by atoms with Crippen molar-refractivity contribution >= 4 is 0 Å². The highest BCUT2D eigenvalue weighted by Gasteiger charge is 2.32. The first kappa shape index (κ1) is 12.5. The van der Waals surface area contributed by atoms with Crippen molar-refractivity contribution in [1.82, 2.24) is 5.43 Å². The number of hydrogen-bond acceptors (Lipinski definition) is 2. The van der Waals surface area contributed by atoms with Gasteiger partial charge in [-0.2, -0.15) is 0 Å². The van der Waals surface area contributed by atoms with Gasteiger partial charge in [0.25, 0.3) is 0 Å². The Morgan fingerprint density at radius 2 is 2.12 bits per heavy atom. The molecule has 0 aromatic heterocycles. The van der Waals surface area contributed by atoms with Crippen LogP contribution in [0, 0.1) is 23.5 Å². The Bertz CT molecular complexity index is 395. The molecule has 0 amide bonds. The van der Waals surface area contributed by atoms with Gasteiger partial charge in [0.1, 0.15) is 11.6 Å². The molecule has 17 heavy (non-hydrogen) atoms. The molecule has 3 atom stereocenters. The number of benzene rings is 1. The topological polar surface area (TPSA) is 38.0 Å². The van der Waals surface area contributed by atoms with Crippen molar-refractivity contribution in [1.29, 1.82) is 0 Å². The molecule has 1 aliphatic rings. The van der Waals surface area contributed by atoms with Gasteiger partial charge in [0.15, 0.2) is 0 Å². The normalized spacial score (nSPS) is 26.1. The maximum absolute atomic E-state index is 13.7. The predicted molar refractivity (Wildman–Crippen MR) is 62.9 cm³/mol. The van der Waals surface area contributed by atoms with Gasteiger partial charge in [-0.1, -0.05) is 25.8 Å². The van der Waals surface area contributed by atoms with Crippen LogP contribution in [0.25, 0.3) is 0 Å². The Labute approximate surface area is 100 Å². The highest BCUT2D eigenvalue weighted by molar-refractivity contribution is 5.23. The minimum Gasteiger partial charge on any atom is -0.271 e. The molecular weight excluding hydrogens is 222 g/mol. The average Bonchev–Trinajstić information content (AvgIpc) is 2.69. The first-order chi connectivity index (χ1) is 8.13. The Hall–Kier alpha value is -1.00. The van der Waals surface area contributed by atoms with Crippen LogP contribution in [0.2, 0.25) is 0 Å². The van der Waals surface area contributed by atoms with Crippen molar-refractivity contribution in [3.05, 3.63) is 35.4 Å². The highest BCUT2D eigenvalue weighted by Crippen LogP contribution is 2.40. The third-order valence-electron chi connectivity index (χ3n) is 3.83. The summed E-state index contributed by atoms with van der Waals surface area (Å²) >= 11 is 0. The Morgan fingerprint density at radius 3 is 2.65 bits per heavy atom. The maximum Gasteiger partial charge on any atom is 0.130 e. The van der Waals surface area contributed by atoms with Crippen molar-refractivity contribution in [2.45, 2.75) is 32.2 Å². The van der Waals surface area contributed by atoms with Crippen LogP contribution in [0.4, 0.5) is 8.78 Å². The van der Waals surface area contributed by atoms with Crippen LogP contribution >= 0.6 is 0 Å². The summed E-state index contributed by atoms with van der Waals surface area (Å²) in [5.41, 5.74) is 3.15. The first-order valence-electron chi connectivity index (χ1n) is 6.04. The van der Waals surface area contributed by atoms with E-state index in [9.17, 15) is 8.78 Å². The van der Waals surface area contributed by atoms with Crippen LogP contribution in [0.15, 0.2) is 18.2 Å². The molecule has 94 valence electrons. The molecule has 2 nitrogen and oxygen atoms in total. The van der Waals surface area contributed by atoms with Crippen molar-refractivity contribution in [3.8, 4) is 0 Å². The van der Waals surface area contributed by atoms with Gasteiger partial charge in [-0.05, 0) is 24.3 Å². The number of nitrogens with one attached hydrogen (secondary N) is 1. The summed E-state index contributed by atoms with van der Waals surface area (Å²) in [6.45, 7) is 2.16. The third kappa shape index (κ3) is 2.48. The molecule has 3 unspecified atom stereocenters. The van der Waals surface area contributed by atoms with Gasteiger partial charge in [0.2, 0.25) is 0 Å². The van der Waals surface area contributed by atoms with Gasteiger partial charge in [-0.25, -0.2) is 8.78 Å². The SMILES string of the molecule is CC1CCCC1C(NN)c1ccc(F)cc1F. The molecule has 0 bridgehead atoms. The fourth-order valence-electron chi connectivity index (χ4n) is 2.87. The Kier molecular flexibility index (Phi) is 3.74. The summed E-state index contributed by atoms with van der Waals surface area (Å²) in [5, 5.41) is 0. The number of nitrogens with two attached hydrogens (primary N) is 1. The van der Waals surface area contributed by atoms with Crippen LogP contribution < -0.4 is 11.3 Å². The minimum absolute atomic E-state index is 0.229. The zero-order chi connectivity index (χ0) is 12.4. The lowest BCUT2D eigenvalue weighted by Gasteiger charge is -2.27. The standard InChI is InChI=1S/C13H18F2N2/c1-8-3-2-4-10(8)13(17-16)11-6-5-9(14)7-12(11)15/h5-8,10,13,17H,2-4,16H2,1H3. The van der Waals surface area contributed by atoms with E-state index >= 15 is 0 Å². The van der Waals surface area contributed by atoms with E-state index in [4.69, 9.17) is 5.84 Å². The second kappa shape index (κ2) is 5.10. The van der Waals surface area contributed by atoms with E-state index in [2.05, 4.69) is 12.3 Å². The summed E-state index contributed by atoms with van der Waals surface area (Å²) < 4.78 is 26.6. The first-order valence-corrected chi connectivity index (χ1v) is 6.04. The van der Waals surface area contributed by atoms with Crippen LogP contribution in [0.1, 0.15) is 37.8 Å². The molecule has 1 aliphatic carbocycles. The van der Waals surface area contributed by atoms with Gasteiger partial charge >= 0.3 is 0 Å². The zero-order valence-corrected chi connectivity index (χ0v) is 9.92. The largest absolute Gasteiger partial charge is 0.271 e. The molecular formula is C13H18F2N2. The second-order valence-electron chi connectivity index (χ2n) is 4.88. The molecule has 0 heterocycles. The van der Waals surface area contributed by atoms with Gasteiger partial charge in [0.05, 0.1) is 6.04 Å². The fourth-order valence-corrected chi connectivity index (χ4v) is 2.87. The summed E-state index contributed by atoms with van der Waals surface area (Å²) in [4.78, 5) is 0. The molecule has 1 aromatic rings. The van der Waals surface area contributed by atoms with Crippen molar-refractivity contribution in [2.24, 2.45) is 17.7 Å². The van der Waals surface area contributed by atoms with Crippen molar-refractivity contribution in [3.63, 3.8) is 0 Å². The molecule has 0 spiro atoms. The van der Waals surface area contributed by atoms with E-state index in [1.807, 2.05) is 0 Å². The predicted octanol–water partition coefficient (Wildman–Crippen LogP) is 2.91. The highest BCUT2D eigenvalue weighted by atomic mass is 19.1. The van der Waals surface area contributed by atoms with Gasteiger partial charge in [-0.3, -0.25) is 11.3 Å². The third-order valence-corrected chi connectivity index (χ3v) is 3.83. The van der Waals surface area contributed by atoms with Crippen molar-refractivity contribution in [2.75, 3.05) is 0 Å². The molecule has 2 rings (SSSR count). The van der Waals surface area contributed by atoms with Crippen LogP contribution in [0.5, 0.6) is 0 Å². The summed E-state index contributed by atoms with van der Waals surface area (Å²) in [7, 11) is 0. The van der Waals surface area contributed by atoms with E-state index in [1.54, 1.807) is 0 Å². The monoisotopic (exact) mass is 240 g/mol. The Balaban J connectivity index is 2.28. The van der Waals surface area contributed by atoms with Crippen molar-refractivity contribution < 1.29 is 8.78 Å². The van der Waals surface area contributed by atoms with Gasteiger partial charge in [-0.15, -0.1) is 0 Å². The van der Waals surface area contributed by atoms with Gasteiger partial charge in [0, 0.05) is 11.6 Å². The second-order valence-corrected chi connectivity index (χ2v) is 4.88. The van der Waals surface area contributed by atoms with Crippen LogP contribution in [-0.4, -0.2) is 0 Å². The smallest absolute Gasteiger partial charge is 0.130 e. The lowest BCUT2D eigenvalue weighted by Crippen LogP contribution is -2.35. The van der Waals surface area contributed by atoms with E-state index in [1.165, 1.54) is 12.1 Å². The molecule has 1 fully saturated rings. The number of rotatable bonds is 3. The van der Waals surface area contributed by atoms with Crippen LogP contribution in [0.3, 0.4) is 0 Å². The lowest BCUT2D eigenvalue weighted by atomic mass is 9.86. The Morgan fingerprint density at radius 1 is 1.35 bits per heavy atom. The number of halogens is 2. The maximum atomic E-state index is 13.7. The molecule has 0 aliphatic heterocycles. The quantitative estimate of drug-likeness (QED) is 0.629. The van der Waals surface area contributed by atoms with E-state index in [0.717, 1.165) is 25.3 Å². The molecule has 1 aromatic carbocycles. The number of hydrogen-bond donors (Lipinski definition) is 2. The summed E-state index contributed by atoms with van der Waals surface area (Å²) in [6.07, 6.45) is 3.32. The molecule has 0 saturated heterocycles. The van der Waals surface area contributed by atoms with E-state index < -0.39 is 11.6 Å². The van der Waals surface area contributed by atoms with E-state index in [-0.39, 0.29) is 6.04 Å². The summed E-state index contributed by atoms with van der Waals surface area (Å²) in [5.74, 6) is 5.30. The average molecular weight is 240 g/mol. The number of hydrazine groups is 1. The molecule has 4 heteroatoms. The van der Waals surface area contributed by atoms with E-state index in [0.29, 0.717) is 17.4 Å². The summed E-state index contributed by atoms with van der Waals surface area (Å²) in [6, 6.07) is 3.45. The lowest BCUT2D eigenvalue weighted by molar-refractivity contribution is 0.297. The molecule has 0 radical (unpaired) electrons. The molecule has 3 N–H and O–H groups in total. The minimum atomic E-state index is -0.554. The van der Waals surface area contributed by atoms with Crippen LogP contribution in [-0.2, 0) is 0 Å².